The molecule has 0 aliphatic carbocycles. The minimum Gasteiger partial charge on any atom is -0.484 e. The van der Waals surface area contributed by atoms with Gasteiger partial charge in [0.1, 0.15) is 5.75 Å². The zero-order chi connectivity index (χ0) is 16.9. The quantitative estimate of drug-likeness (QED) is 0.862. The van der Waals surface area contributed by atoms with E-state index in [4.69, 9.17) is 10.5 Å². The van der Waals surface area contributed by atoms with Gasteiger partial charge in [0.25, 0.3) is 5.91 Å². The summed E-state index contributed by atoms with van der Waals surface area (Å²) < 4.78 is 5.41. The highest BCUT2D eigenvalue weighted by molar-refractivity contribution is 5.95. The maximum atomic E-state index is 12.1. The fourth-order valence-electron chi connectivity index (χ4n) is 1.55. The number of nitrogens with two attached hydrogens (primary N) is 1. The lowest BCUT2D eigenvalue weighted by Crippen LogP contribution is -2.45. The molecule has 0 aliphatic rings. The Morgan fingerprint density at radius 2 is 1.95 bits per heavy atom. The van der Waals surface area contributed by atoms with E-state index in [1.807, 2.05) is 20.8 Å². The average molecular weight is 307 g/mol. The molecule has 6 heteroatoms. The van der Waals surface area contributed by atoms with Gasteiger partial charge in [-0.3, -0.25) is 9.59 Å². The number of likely N-dealkylation sites (N-methyl/N-ethyl adjacent to an activating group) is 1. The molecule has 0 spiro atoms. The van der Waals surface area contributed by atoms with Gasteiger partial charge in [-0.25, -0.2) is 0 Å². The molecule has 0 unspecified atom stereocenters. The third-order valence-electron chi connectivity index (χ3n) is 3.18. The summed E-state index contributed by atoms with van der Waals surface area (Å²) in [5, 5.41) is 2.76. The summed E-state index contributed by atoms with van der Waals surface area (Å²) >= 11 is 0. The summed E-state index contributed by atoms with van der Waals surface area (Å²) in [6.45, 7) is 5.67. The average Bonchev–Trinajstić information content (AvgIpc) is 2.43. The van der Waals surface area contributed by atoms with Gasteiger partial charge in [0.05, 0.1) is 6.04 Å². The first-order valence-corrected chi connectivity index (χ1v) is 7.10. The maximum absolute atomic E-state index is 12.1. The van der Waals surface area contributed by atoms with Crippen LogP contribution in [0.3, 0.4) is 0 Å². The molecule has 122 valence electrons. The van der Waals surface area contributed by atoms with Crippen LogP contribution in [-0.2, 0) is 9.59 Å². The Kier molecular flexibility index (Phi) is 5.93. The summed E-state index contributed by atoms with van der Waals surface area (Å²) in [6.07, 6.45) is 0. The fraction of sp³-hybridized carbons (Fsp3) is 0.500. The molecule has 2 amide bonds. The molecule has 1 atom stereocenters. The predicted octanol–water partition coefficient (Wildman–Crippen LogP) is 1.47. The van der Waals surface area contributed by atoms with Crippen LogP contribution in [0.2, 0.25) is 0 Å². The van der Waals surface area contributed by atoms with Gasteiger partial charge in [0.2, 0.25) is 5.91 Å². The van der Waals surface area contributed by atoms with Crippen molar-refractivity contribution in [2.45, 2.75) is 26.8 Å². The van der Waals surface area contributed by atoms with Gasteiger partial charge in [-0.15, -0.1) is 0 Å². The van der Waals surface area contributed by atoms with Crippen LogP contribution in [-0.4, -0.2) is 43.5 Å². The van der Waals surface area contributed by atoms with E-state index in [0.29, 0.717) is 11.4 Å². The van der Waals surface area contributed by atoms with Gasteiger partial charge in [-0.1, -0.05) is 26.8 Å². The Morgan fingerprint density at radius 1 is 1.32 bits per heavy atom. The standard InChI is InChI=1S/C16H25N3O3/c1-16(2,3)14(17)15(21)18-11-7-6-8-12(9-11)22-10-13(20)19(4)5/h6-9,14H,10,17H2,1-5H3,(H,18,21)/t14-/m1/s1. The van der Waals surface area contributed by atoms with Crippen LogP contribution in [0.25, 0.3) is 0 Å². The number of nitrogens with zero attached hydrogens (tertiary/aromatic N) is 1. The molecule has 0 aromatic heterocycles. The molecular weight excluding hydrogens is 282 g/mol. The lowest BCUT2D eigenvalue weighted by Gasteiger charge is -2.25. The lowest BCUT2D eigenvalue weighted by molar-refractivity contribution is -0.130. The van der Waals surface area contributed by atoms with Gasteiger partial charge in [-0.2, -0.15) is 0 Å². The minimum absolute atomic E-state index is 0.0497. The van der Waals surface area contributed by atoms with Crippen LogP contribution in [0, 0.1) is 5.41 Å². The summed E-state index contributed by atoms with van der Waals surface area (Å²) in [6, 6.07) is 6.26. The van der Waals surface area contributed by atoms with E-state index in [1.165, 1.54) is 4.90 Å². The van der Waals surface area contributed by atoms with Crippen molar-refractivity contribution >= 4 is 17.5 Å². The number of anilines is 1. The predicted molar refractivity (Wildman–Crippen MR) is 86.7 cm³/mol. The summed E-state index contributed by atoms with van der Waals surface area (Å²) in [5.41, 5.74) is 6.18. The molecule has 0 radical (unpaired) electrons. The van der Waals surface area contributed by atoms with Crippen LogP contribution in [0.5, 0.6) is 5.75 Å². The SMILES string of the molecule is CN(C)C(=O)COc1cccc(NC(=O)[C@@H](N)C(C)(C)C)c1. The topological polar surface area (TPSA) is 84.7 Å². The highest BCUT2D eigenvalue weighted by Crippen LogP contribution is 2.21. The molecule has 3 N–H and O–H groups in total. The Bertz CT molecular complexity index is 536. The molecule has 0 bridgehead atoms. The fourth-order valence-corrected chi connectivity index (χ4v) is 1.55. The second-order valence-electron chi connectivity index (χ2n) is 6.44. The summed E-state index contributed by atoms with van der Waals surface area (Å²) in [7, 11) is 3.33. The molecule has 1 aromatic carbocycles. The highest BCUT2D eigenvalue weighted by Gasteiger charge is 2.27. The molecule has 0 saturated carbocycles. The number of benzene rings is 1. The zero-order valence-electron chi connectivity index (χ0n) is 13.8. The van der Waals surface area contributed by atoms with Gasteiger partial charge in [-0.05, 0) is 17.5 Å². The van der Waals surface area contributed by atoms with Crippen LogP contribution in [0.1, 0.15) is 20.8 Å². The molecule has 0 fully saturated rings. The van der Waals surface area contributed by atoms with Gasteiger partial charge >= 0.3 is 0 Å². The molecule has 0 heterocycles. The van der Waals surface area contributed by atoms with Crippen molar-refractivity contribution in [2.75, 3.05) is 26.0 Å². The van der Waals surface area contributed by atoms with Crippen LogP contribution in [0.4, 0.5) is 5.69 Å². The van der Waals surface area contributed by atoms with E-state index in [-0.39, 0.29) is 23.8 Å². The Hall–Kier alpha value is -2.08. The van der Waals surface area contributed by atoms with Crippen molar-refractivity contribution in [3.8, 4) is 5.75 Å². The molecule has 0 aliphatic heterocycles. The zero-order valence-corrected chi connectivity index (χ0v) is 13.8. The monoisotopic (exact) mass is 307 g/mol. The second-order valence-corrected chi connectivity index (χ2v) is 6.44. The molecule has 1 aromatic rings. The van der Waals surface area contributed by atoms with Gasteiger partial charge in [0.15, 0.2) is 6.61 Å². The van der Waals surface area contributed by atoms with Crippen LogP contribution >= 0.6 is 0 Å². The van der Waals surface area contributed by atoms with Crippen LogP contribution in [0.15, 0.2) is 24.3 Å². The Morgan fingerprint density at radius 3 is 2.50 bits per heavy atom. The van der Waals surface area contributed by atoms with E-state index < -0.39 is 6.04 Å². The number of hydrogen-bond donors (Lipinski definition) is 2. The summed E-state index contributed by atoms with van der Waals surface area (Å²) in [5.74, 6) is 0.121. The van der Waals surface area contributed by atoms with Crippen molar-refractivity contribution in [1.82, 2.24) is 4.90 Å². The van der Waals surface area contributed by atoms with Crippen molar-refractivity contribution in [1.29, 1.82) is 0 Å². The Labute approximate surface area is 131 Å². The number of rotatable bonds is 5. The molecular formula is C16H25N3O3. The number of hydrogen-bond acceptors (Lipinski definition) is 4. The van der Waals surface area contributed by atoms with Crippen molar-refractivity contribution < 1.29 is 14.3 Å². The number of nitrogens with one attached hydrogen (secondary N) is 1. The number of carbonyl (C=O) groups excluding carboxylic acids is 2. The normalized spacial score (nSPS) is 12.5. The third kappa shape index (κ3) is 5.37. The minimum atomic E-state index is -0.618. The molecule has 22 heavy (non-hydrogen) atoms. The molecule has 0 saturated heterocycles. The largest absolute Gasteiger partial charge is 0.484 e. The van der Waals surface area contributed by atoms with E-state index in [0.717, 1.165) is 0 Å². The van der Waals surface area contributed by atoms with E-state index in [1.54, 1.807) is 38.4 Å². The van der Waals surface area contributed by atoms with E-state index >= 15 is 0 Å². The number of amides is 2. The van der Waals surface area contributed by atoms with E-state index in [2.05, 4.69) is 5.32 Å². The summed E-state index contributed by atoms with van der Waals surface area (Å²) in [4.78, 5) is 25.0. The smallest absolute Gasteiger partial charge is 0.259 e. The van der Waals surface area contributed by atoms with Gasteiger partial charge < -0.3 is 20.7 Å². The lowest BCUT2D eigenvalue weighted by atomic mass is 9.87. The molecule has 6 nitrogen and oxygen atoms in total. The number of ether oxygens (including phenoxy) is 1. The first kappa shape index (κ1) is 18.0. The first-order valence-electron chi connectivity index (χ1n) is 7.10. The van der Waals surface area contributed by atoms with Gasteiger partial charge in [0, 0.05) is 25.8 Å². The van der Waals surface area contributed by atoms with Crippen molar-refractivity contribution in [3.63, 3.8) is 0 Å². The highest BCUT2D eigenvalue weighted by atomic mass is 16.5. The third-order valence-corrected chi connectivity index (χ3v) is 3.18. The maximum Gasteiger partial charge on any atom is 0.259 e. The first-order chi connectivity index (χ1) is 10.1. The Balaban J connectivity index is 2.68. The van der Waals surface area contributed by atoms with E-state index in [9.17, 15) is 9.59 Å². The number of carbonyl (C=O) groups is 2. The second kappa shape index (κ2) is 7.26. The molecule has 1 rings (SSSR count). The van der Waals surface area contributed by atoms with Crippen molar-refractivity contribution in [2.24, 2.45) is 11.1 Å². The van der Waals surface area contributed by atoms with Crippen molar-refractivity contribution in [3.05, 3.63) is 24.3 Å². The van der Waals surface area contributed by atoms with Crippen LogP contribution < -0.4 is 15.8 Å².